The zero-order valence-corrected chi connectivity index (χ0v) is 21.2. The Labute approximate surface area is 212 Å². The highest BCUT2D eigenvalue weighted by Crippen LogP contribution is 2.28. The molecule has 1 aliphatic rings. The highest BCUT2D eigenvalue weighted by molar-refractivity contribution is 5.68. The second-order valence-corrected chi connectivity index (χ2v) is 10.4. The molecule has 1 unspecified atom stereocenters. The van der Waals surface area contributed by atoms with E-state index in [1.807, 2.05) is 51.1 Å². The Morgan fingerprint density at radius 2 is 1.83 bits per heavy atom. The predicted molar refractivity (Wildman–Crippen MR) is 135 cm³/mol. The van der Waals surface area contributed by atoms with Crippen LogP contribution in [0.25, 0.3) is 0 Å². The quantitative estimate of drug-likeness (QED) is 0.437. The van der Waals surface area contributed by atoms with E-state index in [4.69, 9.17) is 9.26 Å². The number of carbonyl (C=O) groups is 1. The maximum atomic E-state index is 13.1. The van der Waals surface area contributed by atoms with E-state index in [0.29, 0.717) is 18.1 Å². The van der Waals surface area contributed by atoms with Gasteiger partial charge >= 0.3 is 6.09 Å². The Morgan fingerprint density at radius 3 is 2.50 bits per heavy atom. The van der Waals surface area contributed by atoms with Crippen LogP contribution in [0.5, 0.6) is 0 Å². The Kier molecular flexibility index (Phi) is 8.36. The molecule has 36 heavy (non-hydrogen) atoms. The number of hydrogen-bond donors (Lipinski definition) is 1. The molecule has 0 spiro atoms. The van der Waals surface area contributed by atoms with Crippen molar-refractivity contribution in [2.24, 2.45) is 0 Å². The van der Waals surface area contributed by atoms with Gasteiger partial charge in [-0.1, -0.05) is 47.6 Å². The first-order valence-electron chi connectivity index (χ1n) is 12.6. The van der Waals surface area contributed by atoms with Crippen molar-refractivity contribution in [1.82, 2.24) is 20.4 Å². The van der Waals surface area contributed by atoms with E-state index in [9.17, 15) is 9.18 Å². The number of halogens is 1. The lowest BCUT2D eigenvalue weighted by Crippen LogP contribution is -2.38. The first-order chi connectivity index (χ1) is 17.2. The van der Waals surface area contributed by atoms with E-state index in [1.54, 1.807) is 12.1 Å². The first kappa shape index (κ1) is 25.8. The molecule has 1 aromatic heterocycles. The minimum Gasteiger partial charge on any atom is -0.444 e. The van der Waals surface area contributed by atoms with E-state index in [-0.39, 0.29) is 17.8 Å². The van der Waals surface area contributed by atoms with Crippen LogP contribution in [0.3, 0.4) is 0 Å². The lowest BCUT2D eigenvalue weighted by atomic mass is 9.96. The van der Waals surface area contributed by atoms with Crippen molar-refractivity contribution in [3.05, 3.63) is 83.3 Å². The molecule has 7 nitrogen and oxygen atoms in total. The van der Waals surface area contributed by atoms with E-state index in [2.05, 4.69) is 20.4 Å². The molecule has 8 heteroatoms. The zero-order chi connectivity index (χ0) is 25.5. The minimum atomic E-state index is -0.541. The van der Waals surface area contributed by atoms with Gasteiger partial charge in [-0.25, -0.2) is 9.18 Å². The van der Waals surface area contributed by atoms with Crippen LogP contribution in [0.4, 0.5) is 9.18 Å². The number of amides is 1. The van der Waals surface area contributed by atoms with Crippen LogP contribution < -0.4 is 5.32 Å². The molecule has 1 N–H and O–H groups in total. The molecular formula is C28H35FN4O3. The number of likely N-dealkylation sites (tertiary alicyclic amines) is 1. The normalized spacial score (nSPS) is 16.0. The summed E-state index contributed by atoms with van der Waals surface area (Å²) in [5.41, 5.74) is 1.48. The number of nitrogens with zero attached hydrogens (tertiary/aromatic N) is 3. The average molecular weight is 495 g/mol. The van der Waals surface area contributed by atoms with Gasteiger partial charge in [-0.05, 0) is 76.4 Å². The molecule has 192 valence electrons. The molecule has 0 saturated carbocycles. The van der Waals surface area contributed by atoms with Crippen LogP contribution in [-0.4, -0.2) is 46.4 Å². The summed E-state index contributed by atoms with van der Waals surface area (Å²) < 4.78 is 24.2. The van der Waals surface area contributed by atoms with Crippen molar-refractivity contribution in [1.29, 1.82) is 0 Å². The van der Waals surface area contributed by atoms with Gasteiger partial charge in [-0.15, -0.1) is 0 Å². The third-order valence-electron chi connectivity index (χ3n) is 6.32. The van der Waals surface area contributed by atoms with E-state index < -0.39 is 11.7 Å². The molecule has 1 aliphatic heterocycles. The van der Waals surface area contributed by atoms with Crippen molar-refractivity contribution >= 4 is 6.09 Å². The van der Waals surface area contributed by atoms with Crippen molar-refractivity contribution in [3.63, 3.8) is 0 Å². The summed E-state index contributed by atoms with van der Waals surface area (Å²) in [7, 11) is 0. The monoisotopic (exact) mass is 494 g/mol. The molecule has 2 aromatic carbocycles. The number of carbonyl (C=O) groups excluding carboxylic acids is 1. The number of rotatable bonds is 8. The third kappa shape index (κ3) is 7.62. The van der Waals surface area contributed by atoms with Crippen LogP contribution in [0.2, 0.25) is 0 Å². The summed E-state index contributed by atoms with van der Waals surface area (Å²) in [5, 5.41) is 7.18. The first-order valence-corrected chi connectivity index (χ1v) is 12.6. The summed E-state index contributed by atoms with van der Waals surface area (Å²) in [5.74, 6) is 1.29. The second-order valence-electron chi connectivity index (χ2n) is 10.4. The molecule has 1 atom stereocenters. The van der Waals surface area contributed by atoms with Crippen molar-refractivity contribution < 1.29 is 18.4 Å². The number of alkyl carbamates (subject to hydrolysis) is 1. The van der Waals surface area contributed by atoms with Gasteiger partial charge in [0.15, 0.2) is 5.82 Å². The summed E-state index contributed by atoms with van der Waals surface area (Å²) in [4.78, 5) is 19.5. The van der Waals surface area contributed by atoms with Crippen LogP contribution in [0.15, 0.2) is 59.1 Å². The number of ether oxygens (including phenoxy) is 1. The number of aromatic nitrogens is 2. The summed E-state index contributed by atoms with van der Waals surface area (Å²) in [6.45, 7) is 8.31. The molecule has 0 aliphatic carbocycles. The number of piperidine rings is 1. The molecule has 0 radical (unpaired) electrons. The largest absolute Gasteiger partial charge is 0.444 e. The van der Waals surface area contributed by atoms with Crippen LogP contribution >= 0.6 is 0 Å². The maximum absolute atomic E-state index is 13.1. The standard InChI is InChI=1S/C28H35FN4O3/c1-28(2,3)35-27(34)30-24(21-7-5-4-6-8-21)15-18-33-16-13-22(14-17-33)26-31-25(32-36-26)19-20-9-11-23(29)12-10-20/h4-12,22,24H,13-19H2,1-3H3,(H,30,34). The van der Waals surface area contributed by atoms with Crippen molar-refractivity contribution in [2.45, 2.75) is 64.0 Å². The van der Waals surface area contributed by atoms with Crippen LogP contribution in [0, 0.1) is 5.82 Å². The highest BCUT2D eigenvalue weighted by atomic mass is 19.1. The Morgan fingerprint density at radius 1 is 1.14 bits per heavy atom. The lowest BCUT2D eigenvalue weighted by Gasteiger charge is -2.32. The van der Waals surface area contributed by atoms with Gasteiger partial charge in [-0.3, -0.25) is 0 Å². The van der Waals surface area contributed by atoms with Crippen molar-refractivity contribution in [2.75, 3.05) is 19.6 Å². The Balaban J connectivity index is 1.28. The molecule has 3 aromatic rings. The van der Waals surface area contributed by atoms with Gasteiger partial charge in [0.25, 0.3) is 0 Å². The predicted octanol–water partition coefficient (Wildman–Crippen LogP) is 5.64. The molecule has 2 heterocycles. The minimum absolute atomic E-state index is 0.122. The highest BCUT2D eigenvalue weighted by Gasteiger charge is 2.26. The number of hydrogen-bond acceptors (Lipinski definition) is 6. The van der Waals surface area contributed by atoms with Gasteiger partial charge in [0, 0.05) is 18.9 Å². The maximum Gasteiger partial charge on any atom is 0.408 e. The fourth-order valence-corrected chi connectivity index (χ4v) is 4.46. The van der Waals surface area contributed by atoms with Crippen LogP contribution in [-0.2, 0) is 11.2 Å². The molecule has 1 saturated heterocycles. The Hall–Kier alpha value is -3.26. The van der Waals surface area contributed by atoms with Gasteiger partial charge in [0.05, 0.1) is 6.04 Å². The lowest BCUT2D eigenvalue weighted by molar-refractivity contribution is 0.0496. The fourth-order valence-electron chi connectivity index (χ4n) is 4.46. The third-order valence-corrected chi connectivity index (χ3v) is 6.32. The van der Waals surface area contributed by atoms with E-state index in [0.717, 1.165) is 50.0 Å². The average Bonchev–Trinajstić information content (AvgIpc) is 3.31. The smallest absolute Gasteiger partial charge is 0.408 e. The van der Waals surface area contributed by atoms with Gasteiger partial charge in [0.1, 0.15) is 11.4 Å². The summed E-state index contributed by atoms with van der Waals surface area (Å²) in [6.07, 6.45) is 2.79. The molecule has 4 rings (SSSR count). The molecular weight excluding hydrogens is 459 g/mol. The Bertz CT molecular complexity index is 1100. The summed E-state index contributed by atoms with van der Waals surface area (Å²) in [6, 6.07) is 16.3. The summed E-state index contributed by atoms with van der Waals surface area (Å²) >= 11 is 0. The van der Waals surface area contributed by atoms with Gasteiger partial charge < -0.3 is 19.5 Å². The molecule has 0 bridgehead atoms. The van der Waals surface area contributed by atoms with E-state index >= 15 is 0 Å². The topological polar surface area (TPSA) is 80.5 Å². The van der Waals surface area contributed by atoms with Gasteiger partial charge in [-0.2, -0.15) is 4.98 Å². The van der Waals surface area contributed by atoms with Gasteiger partial charge in [0.2, 0.25) is 5.89 Å². The SMILES string of the molecule is CC(C)(C)OC(=O)NC(CCN1CCC(c2nc(Cc3ccc(F)cc3)no2)CC1)c1ccccc1. The fraction of sp³-hybridized carbons (Fsp3) is 0.464. The zero-order valence-electron chi connectivity index (χ0n) is 21.2. The van der Waals surface area contributed by atoms with Crippen LogP contribution in [0.1, 0.15) is 74.8 Å². The second kappa shape index (κ2) is 11.6. The molecule has 1 fully saturated rings. The van der Waals surface area contributed by atoms with Crippen molar-refractivity contribution in [3.8, 4) is 0 Å². The number of nitrogens with one attached hydrogen (secondary N) is 1. The number of benzene rings is 2. The molecule has 1 amide bonds. The van der Waals surface area contributed by atoms with E-state index in [1.165, 1.54) is 12.1 Å².